The van der Waals surface area contributed by atoms with Gasteiger partial charge >= 0.3 is 0 Å². The van der Waals surface area contributed by atoms with Crippen LogP contribution in [0.1, 0.15) is 117 Å². The second-order valence-electron chi connectivity index (χ2n) is 5.12. The van der Waals surface area contributed by atoms with Gasteiger partial charge in [0.15, 0.2) is 0 Å². The van der Waals surface area contributed by atoms with Crippen LogP contribution < -0.4 is 0 Å². The number of hydrogen-bond acceptors (Lipinski definition) is 0. The molecule has 0 aliphatic carbocycles. The Morgan fingerprint density at radius 2 is 0.317 bits per heavy atom. The first-order valence-corrected chi connectivity index (χ1v) is 15.4. The zero-order valence-electron chi connectivity index (χ0n) is 28.8. The molecule has 0 saturated carbocycles. The molecule has 41 heavy (non-hydrogen) atoms. The lowest BCUT2D eigenvalue weighted by Crippen LogP contribution is -1.62. The maximum Gasteiger partial charge on any atom is -0.0398 e. The standard InChI is InChI=1S/C7H8.3C6H6.7C2H6.2CH4/c1-7-5-3-2-4-6-7;3*1-2-4-6-5-3-1;7*1-2;;/h2-6H,1H3;3*1-6H;7*1-2H3;2*1H4. The van der Waals surface area contributed by atoms with Gasteiger partial charge in [-0.1, -0.05) is 257 Å². The molecule has 0 aliphatic rings. The Morgan fingerprint density at radius 1 is 0.220 bits per heavy atom. The maximum absolute atomic E-state index is 2.08. The SMILES string of the molecule is C.C.CC.CC.CC.CC.CC.CC.CC.Cc1ccccc1.c1ccccc1.c1ccccc1.c1ccccc1. The first kappa shape index (κ1) is 61.8. The minimum Gasteiger partial charge on any atom is -0.0776 e. The van der Waals surface area contributed by atoms with Crippen molar-refractivity contribution in [2.45, 2.75) is 119 Å². The van der Waals surface area contributed by atoms with Gasteiger partial charge in [-0.3, -0.25) is 0 Å². The van der Waals surface area contributed by atoms with E-state index in [9.17, 15) is 0 Å². The summed E-state index contributed by atoms with van der Waals surface area (Å²) in [5.41, 5.74) is 1.32. The predicted molar refractivity (Wildman–Crippen MR) is 203 cm³/mol. The highest BCUT2D eigenvalue weighted by molar-refractivity contribution is 5.11. The van der Waals surface area contributed by atoms with Crippen LogP contribution in [-0.4, -0.2) is 0 Å². The number of aryl methyl sites for hydroxylation is 1. The van der Waals surface area contributed by atoms with E-state index >= 15 is 0 Å². The molecule has 0 nitrogen and oxygen atoms in total. The largest absolute Gasteiger partial charge is 0.0776 e. The van der Waals surface area contributed by atoms with Crippen LogP contribution in [0.15, 0.2) is 140 Å². The van der Waals surface area contributed by atoms with Gasteiger partial charge in [-0.15, -0.1) is 0 Å². The van der Waals surface area contributed by atoms with Crippen molar-refractivity contribution in [3.63, 3.8) is 0 Å². The third-order valence-electron chi connectivity index (χ3n) is 2.94. The molecule has 0 amide bonds. The van der Waals surface area contributed by atoms with Gasteiger partial charge in [0.1, 0.15) is 0 Å². The lowest BCUT2D eigenvalue weighted by molar-refractivity contribution is 1.48. The van der Waals surface area contributed by atoms with Crippen molar-refractivity contribution in [3.8, 4) is 0 Å². The molecule has 0 bridgehead atoms. The second-order valence-corrected chi connectivity index (χ2v) is 5.12. The van der Waals surface area contributed by atoms with Crippen LogP contribution in [0.3, 0.4) is 0 Å². The molecular formula is C41H76. The van der Waals surface area contributed by atoms with Gasteiger partial charge in [0.25, 0.3) is 0 Å². The van der Waals surface area contributed by atoms with Crippen LogP contribution >= 0.6 is 0 Å². The minimum atomic E-state index is 0. The van der Waals surface area contributed by atoms with Gasteiger partial charge in [0, 0.05) is 0 Å². The van der Waals surface area contributed by atoms with E-state index in [2.05, 4.69) is 19.1 Å². The third-order valence-corrected chi connectivity index (χ3v) is 2.94. The van der Waals surface area contributed by atoms with E-state index in [0.717, 1.165) is 0 Å². The first-order chi connectivity index (χ1) is 19.4. The molecule has 240 valence electrons. The number of hydrogen-bond donors (Lipinski definition) is 0. The molecule has 0 heterocycles. The first-order valence-electron chi connectivity index (χ1n) is 15.4. The number of benzene rings is 4. The Balaban J connectivity index is -0.0000000411. The van der Waals surface area contributed by atoms with Crippen molar-refractivity contribution in [1.82, 2.24) is 0 Å². The molecule has 4 aromatic carbocycles. The van der Waals surface area contributed by atoms with Crippen molar-refractivity contribution >= 4 is 0 Å². The summed E-state index contributed by atoms with van der Waals surface area (Å²) in [4.78, 5) is 0. The summed E-state index contributed by atoms with van der Waals surface area (Å²) < 4.78 is 0. The van der Waals surface area contributed by atoms with Gasteiger partial charge in [0.2, 0.25) is 0 Å². The van der Waals surface area contributed by atoms with Crippen molar-refractivity contribution in [3.05, 3.63) is 145 Å². The van der Waals surface area contributed by atoms with E-state index in [1.54, 1.807) is 0 Å². The molecule has 0 heteroatoms. The maximum atomic E-state index is 2.08. The van der Waals surface area contributed by atoms with E-state index < -0.39 is 0 Å². The lowest BCUT2D eigenvalue weighted by atomic mass is 10.2. The monoisotopic (exact) mass is 569 g/mol. The summed E-state index contributed by atoms with van der Waals surface area (Å²) in [5, 5.41) is 0. The van der Waals surface area contributed by atoms with Crippen LogP contribution in [0, 0.1) is 6.92 Å². The highest BCUT2D eigenvalue weighted by Crippen LogP contribution is 1.92. The Kier molecular flexibility index (Phi) is 137. The van der Waals surface area contributed by atoms with E-state index in [-0.39, 0.29) is 14.9 Å². The topological polar surface area (TPSA) is 0 Å². The summed E-state index contributed by atoms with van der Waals surface area (Å²) in [6.07, 6.45) is 0. The lowest BCUT2D eigenvalue weighted by Gasteiger charge is -1.82. The molecule has 0 saturated heterocycles. The molecule has 0 spiro atoms. The average molecular weight is 569 g/mol. The van der Waals surface area contributed by atoms with Crippen LogP contribution in [0.4, 0.5) is 0 Å². The Labute approximate surface area is 263 Å². The molecule has 0 unspecified atom stereocenters. The second kappa shape index (κ2) is 90.7. The Bertz CT molecular complexity index is 534. The highest BCUT2D eigenvalue weighted by Gasteiger charge is 1.72. The van der Waals surface area contributed by atoms with Crippen molar-refractivity contribution in [2.75, 3.05) is 0 Å². The molecular weight excluding hydrogens is 492 g/mol. The van der Waals surface area contributed by atoms with Gasteiger partial charge in [-0.05, 0) is 6.92 Å². The molecule has 0 aliphatic heterocycles. The third kappa shape index (κ3) is 85.7. The van der Waals surface area contributed by atoms with Crippen molar-refractivity contribution < 1.29 is 0 Å². The van der Waals surface area contributed by atoms with Gasteiger partial charge in [0.05, 0.1) is 0 Å². The molecule has 0 radical (unpaired) electrons. The molecule has 0 N–H and O–H groups in total. The van der Waals surface area contributed by atoms with Gasteiger partial charge in [-0.25, -0.2) is 0 Å². The van der Waals surface area contributed by atoms with Crippen molar-refractivity contribution in [1.29, 1.82) is 0 Å². The average Bonchev–Trinajstić information content (AvgIpc) is 3.11. The smallest absolute Gasteiger partial charge is 0.0398 e. The predicted octanol–water partition coefficient (Wildman–Crippen LogP) is 15.5. The Hall–Kier alpha value is -3.12. The summed E-state index contributed by atoms with van der Waals surface area (Å²) in [5.74, 6) is 0. The zero-order chi connectivity index (χ0) is 31.8. The van der Waals surface area contributed by atoms with Crippen LogP contribution in [0.25, 0.3) is 0 Å². The zero-order valence-corrected chi connectivity index (χ0v) is 28.8. The van der Waals surface area contributed by atoms with Gasteiger partial charge < -0.3 is 0 Å². The van der Waals surface area contributed by atoms with E-state index in [1.165, 1.54) is 5.56 Å². The number of rotatable bonds is 0. The van der Waals surface area contributed by atoms with Crippen LogP contribution in [0.5, 0.6) is 0 Å². The summed E-state index contributed by atoms with van der Waals surface area (Å²) in [6.45, 7) is 30.1. The van der Waals surface area contributed by atoms with Crippen LogP contribution in [0.2, 0.25) is 0 Å². The Morgan fingerprint density at radius 3 is 0.390 bits per heavy atom. The normalized spacial score (nSPS) is 6.02. The molecule has 4 rings (SSSR count). The highest BCUT2D eigenvalue weighted by atomic mass is 13.8. The fraction of sp³-hybridized carbons (Fsp3) is 0.415. The van der Waals surface area contributed by atoms with Crippen LogP contribution in [-0.2, 0) is 0 Å². The van der Waals surface area contributed by atoms with E-state index in [4.69, 9.17) is 0 Å². The summed E-state index contributed by atoms with van der Waals surface area (Å²) in [7, 11) is 0. The van der Waals surface area contributed by atoms with Crippen molar-refractivity contribution in [2.24, 2.45) is 0 Å². The minimum absolute atomic E-state index is 0. The van der Waals surface area contributed by atoms with E-state index in [1.807, 2.05) is 224 Å². The molecule has 0 atom stereocenters. The quantitative estimate of drug-likeness (QED) is 0.198. The molecule has 0 aromatic heterocycles. The molecule has 0 fully saturated rings. The fourth-order valence-corrected chi connectivity index (χ4v) is 1.69. The molecule has 4 aromatic rings. The van der Waals surface area contributed by atoms with Gasteiger partial charge in [-0.2, -0.15) is 0 Å². The fourth-order valence-electron chi connectivity index (χ4n) is 1.69. The summed E-state index contributed by atoms with van der Waals surface area (Å²) in [6, 6.07) is 46.3. The summed E-state index contributed by atoms with van der Waals surface area (Å²) >= 11 is 0. The van der Waals surface area contributed by atoms with E-state index in [0.29, 0.717) is 0 Å².